The summed E-state index contributed by atoms with van der Waals surface area (Å²) in [4.78, 5) is 7.83. The molecule has 0 saturated carbocycles. The van der Waals surface area contributed by atoms with Crippen molar-refractivity contribution in [3.8, 4) is 17.3 Å². The molecule has 2 aromatic heterocycles. The number of hydrogen-bond donors (Lipinski definition) is 0. The van der Waals surface area contributed by atoms with Gasteiger partial charge in [-0.3, -0.25) is 0 Å². The Morgan fingerprint density at radius 1 is 0.850 bits per heavy atom. The molecule has 3 heterocycles. The van der Waals surface area contributed by atoms with Gasteiger partial charge in [0.1, 0.15) is 5.82 Å². The molecule has 0 radical (unpaired) electrons. The van der Waals surface area contributed by atoms with Gasteiger partial charge in [-0.1, -0.05) is 49.7 Å². The van der Waals surface area contributed by atoms with Crippen molar-refractivity contribution in [2.45, 2.75) is 19.8 Å². The van der Waals surface area contributed by atoms with Crippen molar-refractivity contribution in [3.05, 3.63) is 122 Å². The average molecular weight is 706 g/mol. The zero-order valence-corrected chi connectivity index (χ0v) is 24.2. The SMILES string of the molecule is [2H]C([2H])([2H])N1[CH-]N(c2[c-]c(Oc3[c-]c4c(cc3)c3ccccc3n4-c3cc(C(C)C)ccn3)ccc2)c2ccccc21.[Pt]. The zero-order chi connectivity index (χ0) is 29.0. The fraction of sp³-hybridized carbons (Fsp3) is 0.118. The van der Waals surface area contributed by atoms with Gasteiger partial charge >= 0.3 is 0 Å². The number of fused-ring (bicyclic) bond motifs is 4. The van der Waals surface area contributed by atoms with Crippen LogP contribution in [0, 0.1) is 18.8 Å². The number of para-hydroxylation sites is 3. The molecule has 0 atom stereocenters. The Morgan fingerprint density at radius 3 is 2.50 bits per heavy atom. The van der Waals surface area contributed by atoms with E-state index in [-0.39, 0.29) is 21.1 Å². The van der Waals surface area contributed by atoms with Gasteiger partial charge in [0.15, 0.2) is 0 Å². The van der Waals surface area contributed by atoms with E-state index >= 15 is 0 Å². The van der Waals surface area contributed by atoms with Crippen LogP contribution in [0.5, 0.6) is 11.5 Å². The van der Waals surface area contributed by atoms with Gasteiger partial charge in [-0.2, -0.15) is 18.8 Å². The first-order valence-electron chi connectivity index (χ1n) is 14.4. The summed E-state index contributed by atoms with van der Waals surface area (Å²) in [7, 11) is 0. The van der Waals surface area contributed by atoms with Crippen LogP contribution in [0.15, 0.2) is 97.2 Å². The third-order valence-electron chi connectivity index (χ3n) is 7.09. The monoisotopic (exact) mass is 705 g/mol. The van der Waals surface area contributed by atoms with E-state index in [0.29, 0.717) is 28.8 Å². The largest absolute Gasteiger partial charge is 0.509 e. The summed E-state index contributed by atoms with van der Waals surface area (Å²) in [6.07, 6.45) is 1.85. The second kappa shape index (κ2) is 10.5. The zero-order valence-electron chi connectivity index (χ0n) is 24.9. The van der Waals surface area contributed by atoms with E-state index in [1.54, 1.807) is 12.7 Å². The van der Waals surface area contributed by atoms with E-state index in [1.807, 2.05) is 65.7 Å². The van der Waals surface area contributed by atoms with Crippen LogP contribution in [0.4, 0.5) is 17.1 Å². The Labute approximate surface area is 253 Å². The first-order valence-corrected chi connectivity index (χ1v) is 12.9. The molecule has 6 aromatic rings. The van der Waals surface area contributed by atoms with E-state index in [2.05, 4.69) is 60.9 Å². The van der Waals surface area contributed by atoms with Crippen molar-refractivity contribution in [2.24, 2.45) is 0 Å². The van der Waals surface area contributed by atoms with Crippen LogP contribution in [0.2, 0.25) is 0 Å². The molecule has 0 N–H and O–H groups in total. The van der Waals surface area contributed by atoms with E-state index in [9.17, 15) is 0 Å². The molecule has 0 amide bonds. The van der Waals surface area contributed by atoms with Gasteiger partial charge in [0.05, 0.1) is 0 Å². The average Bonchev–Trinajstić information content (AvgIpc) is 3.54. The fourth-order valence-electron chi connectivity index (χ4n) is 5.15. The molecule has 5 nitrogen and oxygen atoms in total. The summed E-state index contributed by atoms with van der Waals surface area (Å²) in [6.45, 7) is 3.62. The number of rotatable bonds is 5. The molecule has 0 spiro atoms. The first kappa shape index (κ1) is 22.7. The van der Waals surface area contributed by atoms with Crippen molar-refractivity contribution in [3.63, 3.8) is 0 Å². The number of benzene rings is 4. The van der Waals surface area contributed by atoms with Crippen LogP contribution in [0.3, 0.4) is 0 Å². The summed E-state index contributed by atoms with van der Waals surface area (Å²) >= 11 is 0. The van der Waals surface area contributed by atoms with Gasteiger partial charge in [-0.25, -0.2) is 4.98 Å². The predicted molar refractivity (Wildman–Crippen MR) is 158 cm³/mol. The Bertz CT molecular complexity index is 1950. The summed E-state index contributed by atoms with van der Waals surface area (Å²) in [5.41, 5.74) is 5.16. The molecule has 7 rings (SSSR count). The second-order valence-corrected chi connectivity index (χ2v) is 9.89. The second-order valence-electron chi connectivity index (χ2n) is 9.89. The Kier molecular flexibility index (Phi) is 5.95. The van der Waals surface area contributed by atoms with Crippen molar-refractivity contribution in [1.82, 2.24) is 9.55 Å². The maximum Gasteiger partial charge on any atom is 0.135 e. The molecule has 0 bridgehead atoms. The Balaban J connectivity index is 0.00000329. The topological polar surface area (TPSA) is 33.5 Å². The quantitative estimate of drug-likeness (QED) is 0.169. The molecule has 6 heteroatoms. The maximum absolute atomic E-state index is 7.98. The van der Waals surface area contributed by atoms with Crippen LogP contribution in [-0.4, -0.2) is 16.5 Å². The minimum Gasteiger partial charge on any atom is -0.509 e. The molecule has 1 aliphatic rings. The third-order valence-corrected chi connectivity index (χ3v) is 7.09. The number of aromatic nitrogens is 2. The van der Waals surface area contributed by atoms with Crippen LogP contribution in [0.25, 0.3) is 27.6 Å². The van der Waals surface area contributed by atoms with E-state index in [0.717, 1.165) is 33.3 Å². The standard InChI is InChI=1S/C34H27N4O.Pt/c1-23(2)24-17-18-35-34(19-24)38-30-12-5-4-11-28(30)29-16-15-27(21-33(29)38)39-26-10-8-9-25(20-26)37-22-36(3)31-13-6-7-14-32(31)37;/h4-19,22-23H,1-3H3;/q-3;/i3D3;. The minimum absolute atomic E-state index is 0. The molecular weight excluding hydrogens is 675 g/mol. The first-order chi connectivity index (χ1) is 20.3. The van der Waals surface area contributed by atoms with Crippen molar-refractivity contribution < 1.29 is 29.9 Å². The molecule has 1 aliphatic heterocycles. The summed E-state index contributed by atoms with van der Waals surface area (Å²) < 4.78 is 32.4. The Hall–Kier alpha value is -4.08. The number of pyridine rings is 1. The number of hydrogen-bond acceptors (Lipinski definition) is 4. The van der Waals surface area contributed by atoms with Gasteiger partial charge in [0, 0.05) is 59.8 Å². The molecule has 4 aromatic carbocycles. The Morgan fingerprint density at radius 2 is 1.65 bits per heavy atom. The van der Waals surface area contributed by atoms with E-state index < -0.39 is 6.98 Å². The van der Waals surface area contributed by atoms with Crippen LogP contribution in [0.1, 0.15) is 29.4 Å². The van der Waals surface area contributed by atoms with Gasteiger partial charge < -0.3 is 19.1 Å². The number of anilines is 3. The molecule has 0 fully saturated rings. The maximum atomic E-state index is 7.98. The molecule has 202 valence electrons. The number of ether oxygens (including phenoxy) is 1. The summed E-state index contributed by atoms with van der Waals surface area (Å²) in [5, 5.41) is 2.17. The summed E-state index contributed by atoms with van der Waals surface area (Å²) in [6, 6.07) is 36.2. The van der Waals surface area contributed by atoms with E-state index in [1.165, 1.54) is 10.5 Å². The van der Waals surface area contributed by atoms with Gasteiger partial charge in [-0.15, -0.1) is 41.4 Å². The molecule has 0 unspecified atom stereocenters. The molecule has 0 saturated heterocycles. The predicted octanol–water partition coefficient (Wildman–Crippen LogP) is 8.40. The van der Waals surface area contributed by atoms with Crippen molar-refractivity contribution in [1.29, 1.82) is 0 Å². The third kappa shape index (κ3) is 4.45. The molecule has 0 aliphatic carbocycles. The molecule has 40 heavy (non-hydrogen) atoms. The smallest absolute Gasteiger partial charge is 0.135 e. The van der Waals surface area contributed by atoms with Gasteiger partial charge in [-0.05, 0) is 54.2 Å². The van der Waals surface area contributed by atoms with Crippen LogP contribution >= 0.6 is 0 Å². The number of nitrogens with zero attached hydrogens (tertiary/aromatic N) is 4. The fourth-order valence-corrected chi connectivity index (χ4v) is 5.15. The van der Waals surface area contributed by atoms with Crippen molar-refractivity contribution >= 4 is 38.9 Å². The van der Waals surface area contributed by atoms with Gasteiger partial charge in [0.2, 0.25) is 0 Å². The normalized spacial score (nSPS) is 14.1. The van der Waals surface area contributed by atoms with E-state index in [4.69, 9.17) is 13.8 Å². The summed E-state index contributed by atoms with van der Waals surface area (Å²) in [5.74, 6) is 2.23. The van der Waals surface area contributed by atoms with Gasteiger partial charge in [0.25, 0.3) is 0 Å². The van der Waals surface area contributed by atoms with Crippen LogP contribution < -0.4 is 14.5 Å². The van der Waals surface area contributed by atoms with Crippen molar-refractivity contribution in [2.75, 3.05) is 16.8 Å². The van der Waals surface area contributed by atoms with Crippen LogP contribution in [-0.2, 0) is 21.1 Å². The molecular formula is C34H27N4OPt-3. The minimum atomic E-state index is -2.31.